The molecule has 0 heterocycles. The van der Waals surface area contributed by atoms with Crippen LogP contribution in [-0.4, -0.2) is 10.5 Å². The number of benzene rings is 1. The van der Waals surface area contributed by atoms with Crippen molar-refractivity contribution in [3.8, 4) is 0 Å². The van der Waals surface area contributed by atoms with Crippen LogP contribution >= 0.6 is 11.6 Å². The van der Waals surface area contributed by atoms with Crippen molar-refractivity contribution in [2.45, 2.75) is 4.90 Å². The average molecular weight is 208 g/mol. The molecular weight excluding hydrogens is 201 g/mol. The first-order valence-corrected chi connectivity index (χ1v) is 5.44. The van der Waals surface area contributed by atoms with E-state index in [1.54, 1.807) is 0 Å². The zero-order chi connectivity index (χ0) is 9.35. The Morgan fingerprint density at radius 3 is 2.58 bits per heavy atom. The van der Waals surface area contributed by atoms with E-state index < -0.39 is 15.5 Å². The molecule has 0 radical (unpaired) electrons. The minimum absolute atomic E-state index is 0.102. The lowest BCUT2D eigenvalue weighted by Gasteiger charge is -2.01. The summed E-state index contributed by atoms with van der Waals surface area (Å²) in [6.07, 6.45) is 1.26. The maximum absolute atomic E-state index is 12.6. The number of hydrogen-bond acceptors (Lipinski definition) is 2. The lowest BCUT2D eigenvalue weighted by Crippen LogP contribution is -1.94. The van der Waals surface area contributed by atoms with Gasteiger partial charge in [-0.15, -0.1) is 0 Å². The van der Waals surface area contributed by atoms with Gasteiger partial charge in [0.15, 0.2) is 0 Å². The van der Waals surface area contributed by atoms with Crippen LogP contribution in [0.3, 0.4) is 0 Å². The molecule has 0 amide bonds. The van der Waals surface area contributed by atoms with E-state index in [4.69, 9.17) is 16.4 Å². The van der Waals surface area contributed by atoms with Gasteiger partial charge in [0.25, 0.3) is 0 Å². The van der Waals surface area contributed by atoms with Crippen LogP contribution in [0, 0.1) is 10.6 Å². The SMILES string of the molecule is CS(=N)(=O)c1ccc(F)c(Cl)c1. The van der Waals surface area contributed by atoms with Gasteiger partial charge in [0.05, 0.1) is 14.8 Å². The van der Waals surface area contributed by atoms with Crippen LogP contribution in [0.4, 0.5) is 4.39 Å². The Labute approximate surface area is 75.3 Å². The summed E-state index contributed by atoms with van der Waals surface area (Å²) in [5.74, 6) is -0.566. The van der Waals surface area contributed by atoms with Gasteiger partial charge in [-0.2, -0.15) is 0 Å². The molecule has 2 nitrogen and oxygen atoms in total. The topological polar surface area (TPSA) is 40.9 Å². The molecule has 0 fully saturated rings. The van der Waals surface area contributed by atoms with Crippen LogP contribution in [0.25, 0.3) is 0 Å². The van der Waals surface area contributed by atoms with Gasteiger partial charge in [-0.25, -0.2) is 13.4 Å². The summed E-state index contributed by atoms with van der Waals surface area (Å²) < 4.78 is 30.9. The Morgan fingerprint density at radius 2 is 2.17 bits per heavy atom. The van der Waals surface area contributed by atoms with Crippen LogP contribution in [0.5, 0.6) is 0 Å². The second kappa shape index (κ2) is 3.03. The van der Waals surface area contributed by atoms with Gasteiger partial charge in [-0.1, -0.05) is 11.6 Å². The number of nitrogens with one attached hydrogen (secondary N) is 1. The molecule has 0 aromatic heterocycles. The fourth-order valence-corrected chi connectivity index (χ4v) is 1.63. The largest absolute Gasteiger partial charge is 0.249 e. The summed E-state index contributed by atoms with van der Waals surface area (Å²) in [6, 6.07) is 3.62. The fourth-order valence-electron chi connectivity index (χ4n) is 0.719. The summed E-state index contributed by atoms with van der Waals surface area (Å²) in [7, 11) is -2.79. The third kappa shape index (κ3) is 1.95. The minimum Gasteiger partial charge on any atom is -0.249 e. The smallest absolute Gasteiger partial charge is 0.141 e. The standard InChI is InChI=1S/C7H7ClFNOS/c1-12(10,11)5-2-3-7(9)6(8)4-5/h2-4,10H,1H3. The molecule has 1 rings (SSSR count). The van der Waals surface area contributed by atoms with Crippen LogP contribution in [0.1, 0.15) is 0 Å². The van der Waals surface area contributed by atoms with E-state index in [1.807, 2.05) is 0 Å². The first-order valence-electron chi connectivity index (χ1n) is 3.10. The van der Waals surface area contributed by atoms with Gasteiger partial charge >= 0.3 is 0 Å². The van der Waals surface area contributed by atoms with E-state index in [2.05, 4.69) is 0 Å². The molecule has 0 aliphatic rings. The number of hydrogen-bond donors (Lipinski definition) is 1. The van der Waals surface area contributed by atoms with Crippen molar-refractivity contribution in [2.75, 3.05) is 6.26 Å². The van der Waals surface area contributed by atoms with Crippen molar-refractivity contribution in [1.82, 2.24) is 0 Å². The molecule has 1 atom stereocenters. The number of halogens is 2. The second-order valence-electron chi connectivity index (χ2n) is 2.42. The molecule has 0 bridgehead atoms. The van der Waals surface area contributed by atoms with Gasteiger partial charge < -0.3 is 0 Å². The van der Waals surface area contributed by atoms with Gasteiger partial charge in [-0.3, -0.25) is 0 Å². The summed E-state index contributed by atoms with van der Waals surface area (Å²) in [4.78, 5) is 0.244. The lowest BCUT2D eigenvalue weighted by molar-refractivity contribution is 0.626. The molecule has 0 spiro atoms. The summed E-state index contributed by atoms with van der Waals surface area (Å²) in [5.41, 5.74) is 0. The van der Waals surface area contributed by atoms with Crippen LogP contribution in [0.2, 0.25) is 5.02 Å². The maximum atomic E-state index is 12.6. The summed E-state index contributed by atoms with van der Waals surface area (Å²) in [6.45, 7) is 0. The molecule has 1 aromatic carbocycles. The highest BCUT2D eigenvalue weighted by molar-refractivity contribution is 7.91. The van der Waals surface area contributed by atoms with Crippen LogP contribution < -0.4 is 0 Å². The predicted molar refractivity (Wildman–Crippen MR) is 46.5 cm³/mol. The minimum atomic E-state index is -2.79. The maximum Gasteiger partial charge on any atom is 0.141 e. The highest BCUT2D eigenvalue weighted by Crippen LogP contribution is 2.19. The average Bonchev–Trinajstić information content (AvgIpc) is 1.92. The predicted octanol–water partition coefficient (Wildman–Crippen LogP) is 2.51. The second-order valence-corrected chi connectivity index (χ2v) is 4.99. The first-order chi connectivity index (χ1) is 5.41. The molecule has 1 N–H and O–H groups in total. The third-order valence-corrected chi connectivity index (χ3v) is 2.78. The van der Waals surface area contributed by atoms with Gasteiger partial charge in [0.2, 0.25) is 0 Å². The summed E-state index contributed by atoms with van der Waals surface area (Å²) >= 11 is 5.44. The quantitative estimate of drug-likeness (QED) is 0.756. The van der Waals surface area contributed by atoms with Crippen molar-refractivity contribution < 1.29 is 8.60 Å². The van der Waals surface area contributed by atoms with E-state index in [0.717, 1.165) is 6.07 Å². The highest BCUT2D eigenvalue weighted by atomic mass is 35.5. The Bertz CT molecular complexity index is 402. The Kier molecular flexibility index (Phi) is 2.39. The van der Waals surface area contributed by atoms with Crippen LogP contribution in [0.15, 0.2) is 23.1 Å². The van der Waals surface area contributed by atoms with E-state index in [-0.39, 0.29) is 9.92 Å². The van der Waals surface area contributed by atoms with Crippen molar-refractivity contribution in [2.24, 2.45) is 0 Å². The van der Waals surface area contributed by atoms with Crippen molar-refractivity contribution in [3.63, 3.8) is 0 Å². The molecule has 0 saturated carbocycles. The molecule has 0 aliphatic carbocycles. The molecule has 12 heavy (non-hydrogen) atoms. The highest BCUT2D eigenvalue weighted by Gasteiger charge is 2.06. The molecule has 5 heteroatoms. The van der Waals surface area contributed by atoms with E-state index in [9.17, 15) is 8.60 Å². The fraction of sp³-hybridized carbons (Fsp3) is 0.143. The van der Waals surface area contributed by atoms with Gasteiger partial charge in [0, 0.05) is 11.2 Å². The van der Waals surface area contributed by atoms with Crippen molar-refractivity contribution in [1.29, 1.82) is 4.78 Å². The Hall–Kier alpha value is -0.610. The zero-order valence-electron chi connectivity index (χ0n) is 6.30. The van der Waals surface area contributed by atoms with Crippen molar-refractivity contribution in [3.05, 3.63) is 29.0 Å². The zero-order valence-corrected chi connectivity index (χ0v) is 7.88. The molecular formula is C7H7ClFNOS. The normalized spacial score (nSPS) is 15.6. The van der Waals surface area contributed by atoms with E-state index in [0.29, 0.717) is 0 Å². The third-order valence-electron chi connectivity index (χ3n) is 1.34. The number of rotatable bonds is 1. The monoisotopic (exact) mass is 207 g/mol. The molecule has 1 unspecified atom stereocenters. The Balaban J connectivity index is 3.33. The Morgan fingerprint density at radius 1 is 1.58 bits per heavy atom. The first kappa shape index (κ1) is 9.48. The van der Waals surface area contributed by atoms with Gasteiger partial charge in [0.1, 0.15) is 5.82 Å². The molecule has 66 valence electrons. The summed E-state index contributed by atoms with van der Waals surface area (Å²) in [5, 5.41) is -0.102. The van der Waals surface area contributed by atoms with Gasteiger partial charge in [-0.05, 0) is 18.2 Å². The molecule has 1 aromatic rings. The molecule has 0 aliphatic heterocycles. The van der Waals surface area contributed by atoms with Crippen molar-refractivity contribution >= 4 is 21.3 Å². The molecule has 0 saturated heterocycles. The van der Waals surface area contributed by atoms with Crippen LogP contribution in [-0.2, 0) is 9.73 Å². The van der Waals surface area contributed by atoms with E-state index in [1.165, 1.54) is 18.4 Å². The lowest BCUT2D eigenvalue weighted by atomic mass is 10.3. The van der Waals surface area contributed by atoms with E-state index >= 15 is 0 Å².